The lowest BCUT2D eigenvalue weighted by molar-refractivity contribution is -0.116. The summed E-state index contributed by atoms with van der Waals surface area (Å²) in [5.41, 5.74) is 1.69. The summed E-state index contributed by atoms with van der Waals surface area (Å²) in [7, 11) is 0. The number of hydrogen-bond donors (Lipinski definition) is 2. The molecular formula is C21H25FIN3O. The van der Waals surface area contributed by atoms with Gasteiger partial charge in [0.15, 0.2) is 0 Å². The van der Waals surface area contributed by atoms with E-state index in [0.717, 1.165) is 24.2 Å². The summed E-state index contributed by atoms with van der Waals surface area (Å²) in [6, 6.07) is 16.2. The first kappa shape index (κ1) is 21.5. The number of halogens is 2. The van der Waals surface area contributed by atoms with Crippen molar-refractivity contribution in [2.24, 2.45) is 0 Å². The van der Waals surface area contributed by atoms with E-state index < -0.39 is 0 Å². The average Bonchev–Trinajstić information content (AvgIpc) is 2.67. The van der Waals surface area contributed by atoms with Crippen molar-refractivity contribution < 1.29 is 9.18 Å². The van der Waals surface area contributed by atoms with Crippen LogP contribution in [0.1, 0.15) is 12.0 Å². The number of rotatable bonds is 11. The fourth-order valence-corrected chi connectivity index (χ4v) is 3.08. The number of nitrogens with one attached hydrogen (secondary N) is 2. The van der Waals surface area contributed by atoms with Gasteiger partial charge in [0.25, 0.3) is 0 Å². The van der Waals surface area contributed by atoms with Gasteiger partial charge in [-0.15, -0.1) is 0 Å². The highest BCUT2D eigenvalue weighted by molar-refractivity contribution is 14.1. The van der Waals surface area contributed by atoms with E-state index in [4.69, 9.17) is 0 Å². The lowest BCUT2D eigenvalue weighted by Crippen LogP contribution is -2.32. The fraction of sp³-hybridized carbons (Fsp3) is 0.286. The van der Waals surface area contributed by atoms with Crippen LogP contribution >= 0.6 is 22.6 Å². The largest absolute Gasteiger partial charge is 0.326 e. The average molecular weight is 481 g/mol. The highest BCUT2D eigenvalue weighted by atomic mass is 127. The summed E-state index contributed by atoms with van der Waals surface area (Å²) in [6.07, 6.45) is 4.65. The van der Waals surface area contributed by atoms with Crippen molar-refractivity contribution in [2.45, 2.75) is 6.42 Å². The van der Waals surface area contributed by atoms with Gasteiger partial charge in [-0.2, -0.15) is 0 Å². The van der Waals surface area contributed by atoms with Crippen LogP contribution < -0.4 is 10.6 Å². The third-order valence-electron chi connectivity index (χ3n) is 3.88. The van der Waals surface area contributed by atoms with E-state index in [1.54, 1.807) is 12.1 Å². The van der Waals surface area contributed by atoms with Gasteiger partial charge in [0.05, 0.1) is 4.55 Å². The van der Waals surface area contributed by atoms with Crippen molar-refractivity contribution in [2.75, 3.05) is 36.0 Å². The molecule has 6 heteroatoms. The molecule has 0 bridgehead atoms. The molecule has 0 saturated carbocycles. The Hall–Kier alpha value is -1.77. The number of benzene rings is 2. The van der Waals surface area contributed by atoms with Gasteiger partial charge in [0, 0.05) is 38.3 Å². The number of carbonyl (C=O) groups excluding carboxylic acids is 1. The Balaban J connectivity index is 1.59. The van der Waals surface area contributed by atoms with E-state index in [1.165, 1.54) is 17.7 Å². The standard InChI is InChI=1S/C21H25FIN3O/c22-19-9-4-10-20(16-19)25-21(27)11-12-24-13-15-26(17-23)14-5-8-18-6-2-1-3-7-18/h1-10,16,24H,11-15,17H2,(H,25,27)/b8-5+. The Labute approximate surface area is 174 Å². The molecule has 0 heterocycles. The molecule has 0 aromatic heterocycles. The zero-order valence-corrected chi connectivity index (χ0v) is 17.4. The van der Waals surface area contributed by atoms with Crippen molar-refractivity contribution >= 4 is 40.3 Å². The molecule has 0 fully saturated rings. The van der Waals surface area contributed by atoms with Gasteiger partial charge in [-0.3, -0.25) is 9.69 Å². The zero-order valence-electron chi connectivity index (χ0n) is 15.2. The van der Waals surface area contributed by atoms with Crippen LogP contribution in [0, 0.1) is 5.82 Å². The lowest BCUT2D eigenvalue weighted by Gasteiger charge is -2.17. The van der Waals surface area contributed by atoms with Crippen LogP contribution in [0.15, 0.2) is 60.7 Å². The molecule has 4 nitrogen and oxygen atoms in total. The van der Waals surface area contributed by atoms with E-state index in [0.29, 0.717) is 18.7 Å². The van der Waals surface area contributed by atoms with Crippen molar-refractivity contribution in [3.63, 3.8) is 0 Å². The van der Waals surface area contributed by atoms with E-state index >= 15 is 0 Å². The Morgan fingerprint density at radius 3 is 2.67 bits per heavy atom. The Bertz CT molecular complexity index is 724. The molecule has 0 saturated heterocycles. The van der Waals surface area contributed by atoms with Crippen LogP contribution in [0.3, 0.4) is 0 Å². The molecule has 0 aliphatic carbocycles. The van der Waals surface area contributed by atoms with Crippen LogP contribution in [0.25, 0.3) is 6.08 Å². The van der Waals surface area contributed by atoms with Crippen LogP contribution in [-0.4, -0.2) is 41.5 Å². The second kappa shape index (κ2) is 12.6. The van der Waals surface area contributed by atoms with Crippen molar-refractivity contribution in [3.8, 4) is 0 Å². The van der Waals surface area contributed by atoms with Crippen LogP contribution in [0.2, 0.25) is 0 Å². The lowest BCUT2D eigenvalue weighted by atomic mass is 10.2. The molecule has 2 aromatic rings. The van der Waals surface area contributed by atoms with E-state index in [-0.39, 0.29) is 11.7 Å². The zero-order chi connectivity index (χ0) is 19.3. The second-order valence-electron chi connectivity index (χ2n) is 6.07. The second-order valence-corrected chi connectivity index (χ2v) is 6.75. The summed E-state index contributed by atoms with van der Waals surface area (Å²) in [5.74, 6) is -0.476. The minimum atomic E-state index is -0.355. The van der Waals surface area contributed by atoms with E-state index in [1.807, 2.05) is 18.2 Å². The molecule has 1 amide bonds. The van der Waals surface area contributed by atoms with Crippen LogP contribution in [-0.2, 0) is 4.79 Å². The molecule has 144 valence electrons. The minimum Gasteiger partial charge on any atom is -0.326 e. The predicted molar refractivity (Wildman–Crippen MR) is 118 cm³/mol. The Kier molecular flexibility index (Phi) is 10.0. The molecule has 27 heavy (non-hydrogen) atoms. The summed E-state index contributed by atoms with van der Waals surface area (Å²) in [4.78, 5) is 14.2. The van der Waals surface area contributed by atoms with Gasteiger partial charge in [-0.1, -0.05) is 71.1 Å². The molecule has 0 aliphatic rings. The number of nitrogens with zero attached hydrogens (tertiary/aromatic N) is 1. The Morgan fingerprint density at radius 2 is 1.93 bits per heavy atom. The highest BCUT2D eigenvalue weighted by Gasteiger charge is 2.04. The van der Waals surface area contributed by atoms with Gasteiger partial charge in [-0.05, 0) is 23.8 Å². The normalized spacial score (nSPS) is 11.2. The predicted octanol–water partition coefficient (Wildman–Crippen LogP) is 4.15. The number of alkyl halides is 1. The number of anilines is 1. The maximum Gasteiger partial charge on any atom is 0.225 e. The van der Waals surface area contributed by atoms with Crippen LogP contribution in [0.4, 0.5) is 10.1 Å². The minimum absolute atomic E-state index is 0.121. The number of hydrogen-bond acceptors (Lipinski definition) is 3. The first-order valence-corrected chi connectivity index (χ1v) is 10.5. The summed E-state index contributed by atoms with van der Waals surface area (Å²) in [5, 5.41) is 5.98. The fourth-order valence-electron chi connectivity index (χ4n) is 2.46. The topological polar surface area (TPSA) is 44.4 Å². The third kappa shape index (κ3) is 9.12. The van der Waals surface area contributed by atoms with Crippen molar-refractivity contribution in [3.05, 3.63) is 72.1 Å². The molecule has 2 rings (SSSR count). The van der Waals surface area contributed by atoms with E-state index in [2.05, 4.69) is 62.4 Å². The van der Waals surface area contributed by atoms with E-state index in [9.17, 15) is 9.18 Å². The molecule has 0 radical (unpaired) electrons. The third-order valence-corrected chi connectivity index (χ3v) is 4.85. The van der Waals surface area contributed by atoms with Gasteiger partial charge >= 0.3 is 0 Å². The van der Waals surface area contributed by atoms with Crippen molar-refractivity contribution in [1.82, 2.24) is 10.2 Å². The SMILES string of the molecule is O=C(CCNCCN(CI)C/C=C/c1ccccc1)Nc1cccc(F)c1. The molecule has 0 aliphatic heterocycles. The monoisotopic (exact) mass is 481 g/mol. The molecule has 0 unspecified atom stereocenters. The first-order chi connectivity index (χ1) is 13.2. The Morgan fingerprint density at radius 1 is 1.11 bits per heavy atom. The van der Waals surface area contributed by atoms with Gasteiger partial charge in [-0.25, -0.2) is 4.39 Å². The van der Waals surface area contributed by atoms with Gasteiger partial charge in [0.1, 0.15) is 5.82 Å². The smallest absolute Gasteiger partial charge is 0.225 e. The first-order valence-electron chi connectivity index (χ1n) is 8.93. The van der Waals surface area contributed by atoms with Crippen molar-refractivity contribution in [1.29, 1.82) is 0 Å². The highest BCUT2D eigenvalue weighted by Crippen LogP contribution is 2.09. The maximum absolute atomic E-state index is 13.1. The summed E-state index contributed by atoms with van der Waals surface area (Å²) >= 11 is 2.36. The molecular weight excluding hydrogens is 456 g/mol. The summed E-state index contributed by atoms with van der Waals surface area (Å²) < 4.78 is 14.0. The quantitative estimate of drug-likeness (QED) is 0.220. The van der Waals surface area contributed by atoms with Gasteiger partial charge in [0.2, 0.25) is 5.91 Å². The molecule has 0 spiro atoms. The number of amides is 1. The summed E-state index contributed by atoms with van der Waals surface area (Å²) in [6.45, 7) is 3.21. The van der Waals surface area contributed by atoms with Gasteiger partial charge < -0.3 is 10.6 Å². The molecule has 0 atom stereocenters. The maximum atomic E-state index is 13.1. The number of carbonyl (C=O) groups is 1. The molecule has 2 N–H and O–H groups in total. The molecule has 2 aromatic carbocycles. The van der Waals surface area contributed by atoms with Crippen LogP contribution in [0.5, 0.6) is 0 Å².